The number of aryl methyl sites for hydroxylation is 2. The van der Waals surface area contributed by atoms with E-state index in [1.54, 1.807) is 6.20 Å². The summed E-state index contributed by atoms with van der Waals surface area (Å²) >= 11 is 5.91. The number of hydrogen-bond donors (Lipinski definition) is 1. The first-order valence-electron chi connectivity index (χ1n) is 10.1. The smallest absolute Gasteiger partial charge is 0.272 e. The molecule has 158 valence electrons. The second kappa shape index (κ2) is 8.97. The van der Waals surface area contributed by atoms with Crippen molar-refractivity contribution in [3.63, 3.8) is 0 Å². The number of anilines is 1. The zero-order chi connectivity index (χ0) is 21.1. The Hall–Kier alpha value is -2.71. The molecule has 0 saturated carbocycles. The van der Waals surface area contributed by atoms with E-state index in [0.717, 1.165) is 37.1 Å². The third-order valence-corrected chi connectivity index (χ3v) is 5.82. The van der Waals surface area contributed by atoms with Gasteiger partial charge in [-0.25, -0.2) is 4.68 Å². The van der Waals surface area contributed by atoms with E-state index in [1.807, 2.05) is 31.2 Å². The van der Waals surface area contributed by atoms with Crippen LogP contribution in [0.3, 0.4) is 0 Å². The highest BCUT2D eigenvalue weighted by Crippen LogP contribution is 2.25. The Bertz CT molecular complexity index is 1060. The monoisotopic (exact) mass is 428 g/mol. The zero-order valence-corrected chi connectivity index (χ0v) is 17.7. The number of halogens is 1. The second-order valence-corrected chi connectivity index (χ2v) is 8.01. The number of nitrogens with zero attached hydrogens (tertiary/aromatic N) is 5. The van der Waals surface area contributed by atoms with Crippen LogP contribution in [0.15, 0.2) is 39.8 Å². The Morgan fingerprint density at radius 2 is 2.07 bits per heavy atom. The predicted molar refractivity (Wildman–Crippen MR) is 115 cm³/mol. The van der Waals surface area contributed by atoms with Crippen molar-refractivity contribution in [3.8, 4) is 0 Å². The van der Waals surface area contributed by atoms with Gasteiger partial charge in [0.2, 0.25) is 5.89 Å². The summed E-state index contributed by atoms with van der Waals surface area (Å²) in [6.45, 7) is 3.44. The highest BCUT2D eigenvalue weighted by atomic mass is 35.5. The lowest BCUT2D eigenvalue weighted by Crippen LogP contribution is -2.38. The molecule has 30 heavy (non-hydrogen) atoms. The quantitative estimate of drug-likeness (QED) is 0.616. The molecule has 4 rings (SSSR count). The molecule has 0 amide bonds. The molecule has 1 fully saturated rings. The Balaban J connectivity index is 1.44. The van der Waals surface area contributed by atoms with Crippen molar-refractivity contribution in [1.29, 1.82) is 0 Å². The van der Waals surface area contributed by atoms with Crippen molar-refractivity contribution in [2.75, 3.05) is 18.0 Å². The molecule has 2 N–H and O–H groups in total. The number of aromatic nitrogens is 4. The predicted octanol–water partition coefficient (Wildman–Crippen LogP) is 2.35. The molecule has 1 saturated heterocycles. The van der Waals surface area contributed by atoms with Gasteiger partial charge in [0.1, 0.15) is 6.54 Å². The summed E-state index contributed by atoms with van der Waals surface area (Å²) in [5.41, 5.74) is 8.38. The minimum atomic E-state index is -0.156. The maximum absolute atomic E-state index is 12.8. The van der Waals surface area contributed by atoms with Crippen LogP contribution >= 0.6 is 11.6 Å². The van der Waals surface area contributed by atoms with E-state index in [1.165, 1.54) is 4.68 Å². The van der Waals surface area contributed by atoms with E-state index < -0.39 is 0 Å². The molecule has 0 radical (unpaired) electrons. The fourth-order valence-corrected chi connectivity index (χ4v) is 3.99. The van der Waals surface area contributed by atoms with Gasteiger partial charge in [-0.3, -0.25) is 4.79 Å². The standard InChI is InChI=1S/C21H25ClN6O2/c1-14-18(27-10-2-3-17(27)11-23)12-24-28(21(14)29)13-20-25-19(26-30-20)9-6-15-4-7-16(22)8-5-15/h4-5,7-8,12,17H,2-3,6,9-11,13,23H2,1H3/t17-/m0/s1. The van der Waals surface area contributed by atoms with Crippen LogP contribution < -0.4 is 16.2 Å². The van der Waals surface area contributed by atoms with E-state index in [9.17, 15) is 4.79 Å². The molecule has 1 aliphatic heterocycles. The number of benzene rings is 1. The highest BCUT2D eigenvalue weighted by molar-refractivity contribution is 6.30. The van der Waals surface area contributed by atoms with Gasteiger partial charge >= 0.3 is 0 Å². The minimum absolute atomic E-state index is 0.147. The van der Waals surface area contributed by atoms with Crippen LogP contribution in [-0.2, 0) is 19.4 Å². The summed E-state index contributed by atoms with van der Waals surface area (Å²) in [4.78, 5) is 19.4. The van der Waals surface area contributed by atoms with Crippen LogP contribution in [0, 0.1) is 6.92 Å². The normalized spacial score (nSPS) is 16.4. The van der Waals surface area contributed by atoms with Crippen LogP contribution in [0.25, 0.3) is 0 Å². The lowest BCUT2D eigenvalue weighted by atomic mass is 10.1. The molecule has 0 unspecified atom stereocenters. The van der Waals surface area contributed by atoms with Crippen LogP contribution in [0.1, 0.15) is 35.7 Å². The fraction of sp³-hybridized carbons (Fsp3) is 0.429. The van der Waals surface area contributed by atoms with Gasteiger partial charge in [-0.1, -0.05) is 28.9 Å². The van der Waals surface area contributed by atoms with E-state index in [2.05, 4.69) is 20.1 Å². The van der Waals surface area contributed by atoms with Crippen molar-refractivity contribution in [1.82, 2.24) is 19.9 Å². The van der Waals surface area contributed by atoms with Crippen LogP contribution in [0.4, 0.5) is 5.69 Å². The minimum Gasteiger partial charge on any atom is -0.366 e. The van der Waals surface area contributed by atoms with Gasteiger partial charge in [0.15, 0.2) is 5.82 Å². The Morgan fingerprint density at radius 1 is 1.27 bits per heavy atom. The average Bonchev–Trinajstić information content (AvgIpc) is 3.40. The van der Waals surface area contributed by atoms with Gasteiger partial charge in [0.05, 0.1) is 11.9 Å². The maximum Gasteiger partial charge on any atom is 0.272 e. The molecule has 2 aromatic heterocycles. The van der Waals surface area contributed by atoms with Gasteiger partial charge in [-0.2, -0.15) is 10.1 Å². The first-order chi connectivity index (χ1) is 14.5. The lowest BCUT2D eigenvalue weighted by Gasteiger charge is -2.26. The zero-order valence-electron chi connectivity index (χ0n) is 16.9. The first-order valence-corrected chi connectivity index (χ1v) is 10.5. The van der Waals surface area contributed by atoms with Crippen molar-refractivity contribution in [3.05, 3.63) is 68.7 Å². The van der Waals surface area contributed by atoms with Crippen molar-refractivity contribution in [2.45, 2.75) is 45.2 Å². The molecule has 8 nitrogen and oxygen atoms in total. The van der Waals surface area contributed by atoms with Crippen molar-refractivity contribution in [2.24, 2.45) is 5.73 Å². The second-order valence-electron chi connectivity index (χ2n) is 7.57. The molecule has 1 aliphatic rings. The average molecular weight is 429 g/mol. The summed E-state index contributed by atoms with van der Waals surface area (Å²) in [5.74, 6) is 0.966. The van der Waals surface area contributed by atoms with Crippen LogP contribution in [-0.4, -0.2) is 39.1 Å². The number of rotatable bonds is 7. The van der Waals surface area contributed by atoms with E-state index >= 15 is 0 Å². The SMILES string of the molecule is Cc1c(N2CCC[C@H]2CN)cnn(Cc2nc(CCc3ccc(Cl)cc3)no2)c1=O. The van der Waals surface area contributed by atoms with E-state index in [4.69, 9.17) is 21.9 Å². The van der Waals surface area contributed by atoms with Crippen LogP contribution in [0.2, 0.25) is 5.02 Å². The molecule has 9 heteroatoms. The van der Waals surface area contributed by atoms with E-state index in [0.29, 0.717) is 35.3 Å². The van der Waals surface area contributed by atoms with Gasteiger partial charge in [0.25, 0.3) is 5.56 Å². The summed E-state index contributed by atoms with van der Waals surface area (Å²) in [5, 5.41) is 9.07. The van der Waals surface area contributed by atoms with Gasteiger partial charge in [-0.05, 0) is 43.9 Å². The third kappa shape index (κ3) is 4.39. The first kappa shape index (κ1) is 20.6. The van der Waals surface area contributed by atoms with Crippen molar-refractivity contribution < 1.29 is 4.52 Å². The van der Waals surface area contributed by atoms with Gasteiger partial charge < -0.3 is 15.2 Å². The molecular formula is C21H25ClN6O2. The fourth-order valence-electron chi connectivity index (χ4n) is 3.87. The van der Waals surface area contributed by atoms with E-state index in [-0.39, 0.29) is 18.1 Å². The Labute approximate surface area is 179 Å². The number of nitrogens with two attached hydrogens (primary N) is 1. The molecule has 0 spiro atoms. The largest absolute Gasteiger partial charge is 0.366 e. The maximum atomic E-state index is 12.8. The third-order valence-electron chi connectivity index (χ3n) is 5.56. The molecule has 0 aliphatic carbocycles. The van der Waals surface area contributed by atoms with Crippen LogP contribution in [0.5, 0.6) is 0 Å². The number of hydrogen-bond acceptors (Lipinski definition) is 7. The molecular weight excluding hydrogens is 404 g/mol. The Morgan fingerprint density at radius 3 is 2.83 bits per heavy atom. The molecule has 3 heterocycles. The molecule has 1 atom stereocenters. The summed E-state index contributed by atoms with van der Waals surface area (Å²) < 4.78 is 6.69. The lowest BCUT2D eigenvalue weighted by molar-refractivity contribution is 0.358. The van der Waals surface area contributed by atoms with Gasteiger partial charge in [-0.15, -0.1) is 0 Å². The molecule has 0 bridgehead atoms. The highest BCUT2D eigenvalue weighted by Gasteiger charge is 2.26. The topological polar surface area (TPSA) is 103 Å². The van der Waals surface area contributed by atoms with Crippen molar-refractivity contribution >= 4 is 17.3 Å². The molecule has 1 aromatic carbocycles. The van der Waals surface area contributed by atoms with Gasteiger partial charge in [0, 0.05) is 36.1 Å². The molecule has 3 aromatic rings. The summed E-state index contributed by atoms with van der Waals surface area (Å²) in [7, 11) is 0. The Kier molecular flexibility index (Phi) is 6.15. The summed E-state index contributed by atoms with van der Waals surface area (Å²) in [6.07, 6.45) is 5.27. The summed E-state index contributed by atoms with van der Waals surface area (Å²) in [6, 6.07) is 7.94.